The zero-order valence-corrected chi connectivity index (χ0v) is 13.9. The van der Waals surface area contributed by atoms with Crippen molar-refractivity contribution in [1.82, 2.24) is 14.1 Å². The van der Waals surface area contributed by atoms with Crippen LogP contribution in [-0.4, -0.2) is 19.9 Å². The van der Waals surface area contributed by atoms with Crippen LogP contribution in [0.3, 0.4) is 0 Å². The Morgan fingerprint density at radius 1 is 1.28 bits per heavy atom. The van der Waals surface area contributed by atoms with E-state index >= 15 is 0 Å². The summed E-state index contributed by atoms with van der Waals surface area (Å²) in [5.41, 5.74) is 0.427. The number of para-hydroxylation sites is 1. The largest absolute Gasteiger partial charge is 0.358 e. The first kappa shape index (κ1) is 16.5. The number of nitriles is 1. The molecule has 126 valence electrons. The van der Waals surface area contributed by atoms with Crippen molar-refractivity contribution in [2.75, 3.05) is 0 Å². The topological polar surface area (TPSA) is 101 Å². The van der Waals surface area contributed by atoms with Gasteiger partial charge in [-0.25, -0.2) is 4.79 Å². The van der Waals surface area contributed by atoms with Crippen molar-refractivity contribution in [3.63, 3.8) is 0 Å². The van der Waals surface area contributed by atoms with Crippen LogP contribution in [0.15, 0.2) is 40.1 Å². The molecule has 0 saturated heterocycles. The lowest BCUT2D eigenvalue weighted by atomic mass is 10.1. The van der Waals surface area contributed by atoms with Crippen LogP contribution in [0.1, 0.15) is 28.5 Å². The van der Waals surface area contributed by atoms with Crippen LogP contribution in [0.2, 0.25) is 0 Å². The van der Waals surface area contributed by atoms with Gasteiger partial charge in [0.05, 0.1) is 6.54 Å². The molecule has 0 unspecified atom stereocenters. The molecule has 0 aliphatic heterocycles. The van der Waals surface area contributed by atoms with Crippen LogP contribution in [0.25, 0.3) is 10.9 Å². The molecule has 0 spiro atoms. The SMILES string of the molecule is CCn1cc(C#N)c(=O)n(CC(=O)c2c(C)[nH]c3ccccc23)c1=O. The number of aromatic nitrogens is 3. The molecular weight excluding hydrogens is 320 g/mol. The van der Waals surface area contributed by atoms with Gasteiger partial charge in [-0.1, -0.05) is 18.2 Å². The summed E-state index contributed by atoms with van der Waals surface area (Å²) in [6.07, 6.45) is 1.22. The highest BCUT2D eigenvalue weighted by Crippen LogP contribution is 2.22. The number of Topliss-reactive ketones (excluding diaryl/α,β-unsaturated/α-hetero) is 1. The fourth-order valence-corrected chi connectivity index (χ4v) is 2.95. The molecule has 0 fully saturated rings. The minimum atomic E-state index is -0.747. The molecule has 3 rings (SSSR count). The number of aromatic amines is 1. The second-order valence-corrected chi connectivity index (χ2v) is 5.71. The molecular formula is C18H16N4O3. The van der Waals surface area contributed by atoms with Crippen molar-refractivity contribution in [2.45, 2.75) is 26.9 Å². The van der Waals surface area contributed by atoms with E-state index < -0.39 is 17.8 Å². The summed E-state index contributed by atoms with van der Waals surface area (Å²) in [4.78, 5) is 40.6. The third kappa shape index (κ3) is 2.68. The number of rotatable bonds is 4. The fourth-order valence-electron chi connectivity index (χ4n) is 2.95. The third-order valence-corrected chi connectivity index (χ3v) is 4.17. The van der Waals surface area contributed by atoms with Gasteiger partial charge < -0.3 is 4.98 Å². The number of hydrogen-bond acceptors (Lipinski definition) is 4. The summed E-state index contributed by atoms with van der Waals surface area (Å²) < 4.78 is 2.07. The first-order valence-corrected chi connectivity index (χ1v) is 7.82. The van der Waals surface area contributed by atoms with Gasteiger partial charge in [0.15, 0.2) is 5.78 Å². The van der Waals surface area contributed by atoms with E-state index in [4.69, 9.17) is 5.26 Å². The molecule has 0 saturated carbocycles. The number of benzene rings is 1. The number of carbonyl (C=O) groups excluding carboxylic acids is 1. The Kier molecular flexibility index (Phi) is 4.11. The van der Waals surface area contributed by atoms with Gasteiger partial charge in [0.1, 0.15) is 11.6 Å². The molecule has 25 heavy (non-hydrogen) atoms. The molecule has 0 aliphatic carbocycles. The molecule has 0 bridgehead atoms. The number of H-pyrrole nitrogens is 1. The first-order valence-electron chi connectivity index (χ1n) is 7.82. The second-order valence-electron chi connectivity index (χ2n) is 5.71. The number of nitrogens with one attached hydrogen (secondary N) is 1. The smallest absolute Gasteiger partial charge is 0.331 e. The van der Waals surface area contributed by atoms with Gasteiger partial charge in [-0.2, -0.15) is 5.26 Å². The Balaban J connectivity index is 2.13. The predicted octanol–water partition coefficient (Wildman–Crippen LogP) is 1.57. The number of nitrogens with zero attached hydrogens (tertiary/aromatic N) is 3. The van der Waals surface area contributed by atoms with E-state index in [1.54, 1.807) is 19.9 Å². The Hall–Kier alpha value is -3.40. The van der Waals surface area contributed by atoms with Crippen molar-refractivity contribution in [2.24, 2.45) is 0 Å². The maximum atomic E-state index is 12.8. The summed E-state index contributed by atoms with van der Waals surface area (Å²) >= 11 is 0. The van der Waals surface area contributed by atoms with E-state index in [1.807, 2.05) is 24.3 Å². The second kappa shape index (κ2) is 6.24. The van der Waals surface area contributed by atoms with Gasteiger partial charge in [-0.05, 0) is 19.9 Å². The molecule has 1 aromatic carbocycles. The lowest BCUT2D eigenvalue weighted by molar-refractivity contribution is 0.0969. The van der Waals surface area contributed by atoms with Gasteiger partial charge >= 0.3 is 5.69 Å². The standard InChI is InChI=1S/C18H16N4O3/c1-3-21-9-12(8-19)17(24)22(18(21)25)10-15(23)16-11(2)20-14-7-5-4-6-13(14)16/h4-7,9,20H,3,10H2,1-2H3. The monoisotopic (exact) mass is 336 g/mol. The molecule has 0 atom stereocenters. The van der Waals surface area contributed by atoms with Crippen LogP contribution in [-0.2, 0) is 13.1 Å². The molecule has 2 heterocycles. The average Bonchev–Trinajstić information content (AvgIpc) is 2.94. The Labute approximate surface area is 142 Å². The predicted molar refractivity (Wildman–Crippen MR) is 92.7 cm³/mol. The van der Waals surface area contributed by atoms with Gasteiger partial charge in [-0.3, -0.25) is 18.7 Å². The lowest BCUT2D eigenvalue weighted by Gasteiger charge is -2.09. The van der Waals surface area contributed by atoms with Crippen LogP contribution in [0.4, 0.5) is 0 Å². The molecule has 0 aliphatic rings. The molecule has 0 radical (unpaired) electrons. The van der Waals surface area contributed by atoms with Crippen molar-refractivity contribution in [1.29, 1.82) is 5.26 Å². The normalized spacial score (nSPS) is 10.8. The van der Waals surface area contributed by atoms with E-state index in [2.05, 4.69) is 4.98 Å². The summed E-state index contributed by atoms with van der Waals surface area (Å²) in [6, 6.07) is 9.11. The quantitative estimate of drug-likeness (QED) is 0.731. The van der Waals surface area contributed by atoms with Crippen LogP contribution in [0.5, 0.6) is 0 Å². The molecule has 3 aromatic rings. The van der Waals surface area contributed by atoms with E-state index in [0.29, 0.717) is 17.8 Å². The van der Waals surface area contributed by atoms with E-state index in [-0.39, 0.29) is 11.3 Å². The number of aryl methyl sites for hydroxylation is 2. The molecule has 7 heteroatoms. The van der Waals surface area contributed by atoms with Gasteiger partial charge in [0.25, 0.3) is 5.56 Å². The van der Waals surface area contributed by atoms with Gasteiger partial charge in [0, 0.05) is 34.9 Å². The number of fused-ring (bicyclic) bond motifs is 1. The summed E-state index contributed by atoms with van der Waals surface area (Å²) in [7, 11) is 0. The van der Waals surface area contributed by atoms with E-state index in [1.165, 1.54) is 10.8 Å². The van der Waals surface area contributed by atoms with E-state index in [9.17, 15) is 14.4 Å². The maximum Gasteiger partial charge on any atom is 0.331 e. The summed E-state index contributed by atoms with van der Waals surface area (Å²) in [5, 5.41) is 9.83. The number of ketones is 1. The highest BCUT2D eigenvalue weighted by molar-refractivity contribution is 6.09. The minimum absolute atomic E-state index is 0.162. The number of hydrogen-bond donors (Lipinski definition) is 1. The molecule has 0 amide bonds. The van der Waals surface area contributed by atoms with Crippen molar-refractivity contribution in [3.05, 3.63) is 68.1 Å². The summed E-state index contributed by atoms with van der Waals surface area (Å²) in [6.45, 7) is 3.39. The van der Waals surface area contributed by atoms with Gasteiger partial charge in [0.2, 0.25) is 0 Å². The highest BCUT2D eigenvalue weighted by atomic mass is 16.2. The average molecular weight is 336 g/mol. The van der Waals surface area contributed by atoms with Crippen LogP contribution >= 0.6 is 0 Å². The van der Waals surface area contributed by atoms with Crippen molar-refractivity contribution in [3.8, 4) is 6.07 Å². The number of carbonyl (C=O) groups is 1. The lowest BCUT2D eigenvalue weighted by Crippen LogP contribution is -2.42. The third-order valence-electron chi connectivity index (χ3n) is 4.17. The Morgan fingerprint density at radius 2 is 2.00 bits per heavy atom. The zero-order valence-electron chi connectivity index (χ0n) is 13.9. The first-order chi connectivity index (χ1) is 12.0. The van der Waals surface area contributed by atoms with E-state index in [0.717, 1.165) is 15.5 Å². The highest BCUT2D eigenvalue weighted by Gasteiger charge is 2.19. The Bertz CT molecular complexity index is 1140. The van der Waals surface area contributed by atoms with Crippen molar-refractivity contribution < 1.29 is 4.79 Å². The van der Waals surface area contributed by atoms with Crippen LogP contribution < -0.4 is 11.2 Å². The summed E-state index contributed by atoms with van der Waals surface area (Å²) in [5.74, 6) is -0.355. The van der Waals surface area contributed by atoms with Gasteiger partial charge in [-0.15, -0.1) is 0 Å². The zero-order chi connectivity index (χ0) is 18.1. The molecule has 7 nitrogen and oxygen atoms in total. The van der Waals surface area contributed by atoms with Crippen LogP contribution in [0, 0.1) is 18.3 Å². The maximum absolute atomic E-state index is 12.8. The Morgan fingerprint density at radius 3 is 2.68 bits per heavy atom. The fraction of sp³-hybridized carbons (Fsp3) is 0.222. The molecule has 2 aromatic heterocycles. The molecule has 1 N–H and O–H groups in total. The van der Waals surface area contributed by atoms with Crippen molar-refractivity contribution >= 4 is 16.7 Å². The minimum Gasteiger partial charge on any atom is -0.358 e.